The van der Waals surface area contributed by atoms with Crippen LogP contribution >= 0.6 is 0 Å². The zero-order valence-electron chi connectivity index (χ0n) is 13.5. The number of allylic oxidation sites excluding steroid dienone is 2. The molecule has 0 saturated heterocycles. The van der Waals surface area contributed by atoms with Gasteiger partial charge in [-0.05, 0) is 60.6 Å². The number of rotatable bonds is 6. The molecule has 5 nitrogen and oxygen atoms in total. The summed E-state index contributed by atoms with van der Waals surface area (Å²) in [5, 5.41) is 14.6. The first-order valence-electron chi connectivity index (χ1n) is 8.61. The van der Waals surface area contributed by atoms with Gasteiger partial charge in [0.05, 0.1) is 0 Å². The largest absolute Gasteiger partial charge is 0.480 e. The van der Waals surface area contributed by atoms with E-state index < -0.39 is 5.97 Å². The topological polar surface area (TPSA) is 78.4 Å². The highest BCUT2D eigenvalue weighted by atomic mass is 16.4. The lowest BCUT2D eigenvalue weighted by atomic mass is 9.89. The van der Waals surface area contributed by atoms with Crippen LogP contribution in [0.1, 0.15) is 29.6 Å². The molecular formula is C19H22N2O3. The summed E-state index contributed by atoms with van der Waals surface area (Å²) >= 11 is 0. The Labute approximate surface area is 141 Å². The molecule has 2 fully saturated rings. The molecule has 1 spiro atoms. The van der Waals surface area contributed by atoms with Crippen molar-refractivity contribution >= 4 is 17.6 Å². The molecule has 24 heavy (non-hydrogen) atoms. The summed E-state index contributed by atoms with van der Waals surface area (Å²) in [6, 6.07) is 6.97. The number of hydrogen-bond donors (Lipinski definition) is 3. The van der Waals surface area contributed by atoms with Gasteiger partial charge in [0.2, 0.25) is 0 Å². The highest BCUT2D eigenvalue weighted by Gasteiger charge is 2.62. The summed E-state index contributed by atoms with van der Waals surface area (Å²) in [7, 11) is 0. The monoisotopic (exact) mass is 326 g/mol. The van der Waals surface area contributed by atoms with Crippen molar-refractivity contribution < 1.29 is 14.7 Å². The van der Waals surface area contributed by atoms with Gasteiger partial charge < -0.3 is 15.7 Å². The Kier molecular flexibility index (Phi) is 3.59. The number of carbonyl (C=O) groups excluding carboxylic acids is 1. The van der Waals surface area contributed by atoms with Gasteiger partial charge in [0.15, 0.2) is 0 Å². The van der Waals surface area contributed by atoms with Crippen molar-refractivity contribution in [3.63, 3.8) is 0 Å². The van der Waals surface area contributed by atoms with Crippen LogP contribution in [0.5, 0.6) is 0 Å². The molecule has 126 valence electrons. The molecule has 0 unspecified atom stereocenters. The van der Waals surface area contributed by atoms with Gasteiger partial charge in [-0.2, -0.15) is 0 Å². The predicted molar refractivity (Wildman–Crippen MR) is 90.8 cm³/mol. The van der Waals surface area contributed by atoms with E-state index in [0.717, 1.165) is 12.5 Å². The van der Waals surface area contributed by atoms with Crippen molar-refractivity contribution in [2.45, 2.75) is 19.3 Å². The fourth-order valence-corrected chi connectivity index (χ4v) is 4.63. The van der Waals surface area contributed by atoms with E-state index in [-0.39, 0.29) is 12.5 Å². The molecule has 1 aromatic carbocycles. The number of amides is 1. The molecule has 4 rings (SSSR count). The van der Waals surface area contributed by atoms with Gasteiger partial charge in [0, 0.05) is 17.8 Å². The van der Waals surface area contributed by atoms with Crippen LogP contribution in [-0.2, 0) is 4.79 Å². The van der Waals surface area contributed by atoms with E-state index >= 15 is 0 Å². The fraction of sp³-hybridized carbons (Fsp3) is 0.474. The Balaban J connectivity index is 1.34. The second-order valence-electron chi connectivity index (χ2n) is 7.28. The molecule has 0 aromatic heterocycles. The van der Waals surface area contributed by atoms with E-state index in [1.165, 1.54) is 19.3 Å². The molecule has 0 radical (unpaired) electrons. The molecular weight excluding hydrogens is 304 g/mol. The molecule has 2 bridgehead atoms. The van der Waals surface area contributed by atoms with Crippen molar-refractivity contribution in [1.82, 2.24) is 5.32 Å². The normalized spacial score (nSPS) is 28.1. The first-order chi connectivity index (χ1) is 11.6. The summed E-state index contributed by atoms with van der Waals surface area (Å²) in [6.07, 6.45) is 8.64. The van der Waals surface area contributed by atoms with Gasteiger partial charge in [0.1, 0.15) is 6.54 Å². The summed E-state index contributed by atoms with van der Waals surface area (Å²) in [4.78, 5) is 23.0. The van der Waals surface area contributed by atoms with Crippen LogP contribution in [0.15, 0.2) is 36.4 Å². The highest BCUT2D eigenvalue weighted by Crippen LogP contribution is 2.69. The lowest BCUT2D eigenvalue weighted by Gasteiger charge is -2.20. The number of hydrogen-bond acceptors (Lipinski definition) is 3. The van der Waals surface area contributed by atoms with Gasteiger partial charge in [-0.1, -0.05) is 18.2 Å². The fourth-order valence-electron chi connectivity index (χ4n) is 4.63. The van der Waals surface area contributed by atoms with Crippen molar-refractivity contribution in [1.29, 1.82) is 0 Å². The van der Waals surface area contributed by atoms with Crippen LogP contribution in [0.2, 0.25) is 0 Å². The average Bonchev–Trinajstić information content (AvgIpc) is 3.25. The molecule has 1 aromatic rings. The molecule has 3 N–H and O–H groups in total. The Bertz CT molecular complexity index is 708. The number of carbonyl (C=O) groups is 2. The van der Waals surface area contributed by atoms with Crippen LogP contribution in [0, 0.1) is 23.2 Å². The van der Waals surface area contributed by atoms with Crippen molar-refractivity contribution in [3.05, 3.63) is 42.0 Å². The van der Waals surface area contributed by atoms with Crippen LogP contribution in [-0.4, -0.2) is 30.1 Å². The zero-order chi connectivity index (χ0) is 16.7. The third kappa shape index (κ3) is 2.58. The van der Waals surface area contributed by atoms with E-state index in [1.54, 1.807) is 24.3 Å². The first-order valence-corrected chi connectivity index (χ1v) is 8.61. The third-order valence-corrected chi connectivity index (χ3v) is 5.94. The van der Waals surface area contributed by atoms with Crippen molar-refractivity contribution in [3.8, 4) is 0 Å². The molecule has 3 atom stereocenters. The molecule has 0 heterocycles. The van der Waals surface area contributed by atoms with Crippen LogP contribution in [0.4, 0.5) is 5.69 Å². The number of carboxylic acid groups (broad SMARTS) is 1. The van der Waals surface area contributed by atoms with Gasteiger partial charge >= 0.3 is 5.97 Å². The smallest absolute Gasteiger partial charge is 0.322 e. The third-order valence-electron chi connectivity index (χ3n) is 5.94. The van der Waals surface area contributed by atoms with Gasteiger partial charge in [-0.25, -0.2) is 0 Å². The summed E-state index contributed by atoms with van der Waals surface area (Å²) in [5.41, 5.74) is 1.76. The van der Waals surface area contributed by atoms with E-state index in [4.69, 9.17) is 5.11 Å². The Morgan fingerprint density at radius 2 is 2.08 bits per heavy atom. The van der Waals surface area contributed by atoms with Gasteiger partial charge in [-0.3, -0.25) is 9.59 Å². The highest BCUT2D eigenvalue weighted by molar-refractivity contribution is 5.95. The molecule has 3 aliphatic rings. The molecule has 1 amide bonds. The van der Waals surface area contributed by atoms with Gasteiger partial charge in [-0.15, -0.1) is 0 Å². The number of benzene rings is 1. The van der Waals surface area contributed by atoms with E-state index in [2.05, 4.69) is 22.8 Å². The second-order valence-corrected chi connectivity index (χ2v) is 7.28. The summed E-state index contributed by atoms with van der Waals surface area (Å²) in [5.74, 6) is 0.910. The Morgan fingerprint density at radius 1 is 1.25 bits per heavy atom. The minimum absolute atomic E-state index is 0.0921. The number of aliphatic carboxylic acids is 1. The second kappa shape index (κ2) is 5.65. The molecule has 0 aliphatic heterocycles. The number of carboxylic acids is 1. The maximum Gasteiger partial charge on any atom is 0.322 e. The average molecular weight is 326 g/mol. The first kappa shape index (κ1) is 15.2. The van der Waals surface area contributed by atoms with E-state index in [1.807, 2.05) is 0 Å². The summed E-state index contributed by atoms with van der Waals surface area (Å²) in [6.45, 7) is 0.559. The number of nitrogens with one attached hydrogen (secondary N) is 2. The Hall–Kier alpha value is -2.30. The molecule has 5 heteroatoms. The van der Waals surface area contributed by atoms with Crippen molar-refractivity contribution in [2.75, 3.05) is 18.4 Å². The van der Waals surface area contributed by atoms with Crippen molar-refractivity contribution in [2.24, 2.45) is 23.2 Å². The standard InChI is InChI=1S/C19H22N2O3/c22-17(23)11-20-15-3-1-2-12(9-15)18(24)21-10-13-8-14-4-5-16(13)19(14)6-7-19/h1-5,9,13-14,16,20H,6-8,10-11H2,(H,21,24)(H,22,23)/t13-,14-,16-/m1/s1. The SMILES string of the molecule is O=C(O)CNc1cccc(C(=O)NC[C@H]2C[C@H]3C=C[C@H]2C32CC2)c1. The summed E-state index contributed by atoms with van der Waals surface area (Å²) < 4.78 is 0. The quantitative estimate of drug-likeness (QED) is 0.702. The number of anilines is 1. The van der Waals surface area contributed by atoms with E-state index in [0.29, 0.717) is 28.5 Å². The van der Waals surface area contributed by atoms with Gasteiger partial charge in [0.25, 0.3) is 5.91 Å². The maximum atomic E-state index is 12.4. The van der Waals surface area contributed by atoms with Crippen LogP contribution in [0.25, 0.3) is 0 Å². The van der Waals surface area contributed by atoms with E-state index in [9.17, 15) is 9.59 Å². The van der Waals surface area contributed by atoms with Crippen LogP contribution < -0.4 is 10.6 Å². The Morgan fingerprint density at radius 3 is 2.79 bits per heavy atom. The molecule has 2 saturated carbocycles. The zero-order valence-corrected chi connectivity index (χ0v) is 13.5. The van der Waals surface area contributed by atoms with Crippen LogP contribution in [0.3, 0.4) is 0 Å². The maximum absolute atomic E-state index is 12.4. The molecule has 3 aliphatic carbocycles. The minimum Gasteiger partial charge on any atom is -0.480 e. The predicted octanol–water partition coefficient (Wildman–Crippen LogP) is 2.52. The lowest BCUT2D eigenvalue weighted by molar-refractivity contribution is -0.134. The lowest BCUT2D eigenvalue weighted by Crippen LogP contribution is -2.31. The minimum atomic E-state index is -0.928.